The summed E-state index contributed by atoms with van der Waals surface area (Å²) in [4.78, 5) is 0. The molecule has 0 bridgehead atoms. The zero-order valence-corrected chi connectivity index (χ0v) is 18.1. The van der Waals surface area contributed by atoms with Gasteiger partial charge in [-0.3, -0.25) is 0 Å². The molecular weight excluding hydrogens is 384 g/mol. The molecule has 1 heterocycles. The largest absolute Gasteiger partial charge is 0.489 e. The van der Waals surface area contributed by atoms with Crippen LogP contribution in [0.5, 0.6) is 5.75 Å². The van der Waals surface area contributed by atoms with Crippen LogP contribution in [0.4, 0.5) is 0 Å². The lowest BCUT2D eigenvalue weighted by Gasteiger charge is -2.27. The molecule has 0 unspecified atom stereocenters. The monoisotopic (exact) mass is 414 g/mol. The van der Waals surface area contributed by atoms with Crippen molar-refractivity contribution >= 4 is 10.9 Å². The molecule has 3 aromatic carbocycles. The minimum absolute atomic E-state index is 0.180. The molecule has 0 saturated carbocycles. The van der Waals surface area contributed by atoms with E-state index in [4.69, 9.17) is 4.74 Å². The molecule has 4 nitrogen and oxygen atoms in total. The Hall–Kier alpha value is -3.08. The van der Waals surface area contributed by atoms with Gasteiger partial charge >= 0.3 is 0 Å². The Balaban J connectivity index is 1.61. The van der Waals surface area contributed by atoms with Crippen LogP contribution in [-0.2, 0) is 6.61 Å². The molecule has 0 spiro atoms. The lowest BCUT2D eigenvalue weighted by Crippen LogP contribution is -2.37. The van der Waals surface area contributed by atoms with Gasteiger partial charge in [-0.05, 0) is 35.4 Å². The molecule has 0 radical (unpaired) electrons. The number of benzene rings is 3. The summed E-state index contributed by atoms with van der Waals surface area (Å²) < 4.78 is 8.16. The molecule has 4 rings (SSSR count). The van der Waals surface area contributed by atoms with Crippen molar-refractivity contribution < 1.29 is 9.84 Å². The Kier molecular flexibility index (Phi) is 6.70. The van der Waals surface area contributed by atoms with Crippen molar-refractivity contribution in [1.82, 2.24) is 9.88 Å². The highest BCUT2D eigenvalue weighted by Gasteiger charge is 2.24. The topological polar surface area (TPSA) is 46.4 Å². The Morgan fingerprint density at radius 2 is 1.61 bits per heavy atom. The molecule has 0 amide bonds. The number of hydrogen-bond acceptors (Lipinski definition) is 3. The maximum atomic E-state index is 11.1. The molecule has 2 N–H and O–H groups in total. The first kappa shape index (κ1) is 21.2. The van der Waals surface area contributed by atoms with Crippen molar-refractivity contribution in [2.45, 2.75) is 38.6 Å². The summed E-state index contributed by atoms with van der Waals surface area (Å²) in [5.41, 5.74) is 3.30. The fraction of sp³-hybridized carbons (Fsp3) is 0.259. The molecule has 0 aliphatic heterocycles. The second-order valence-corrected chi connectivity index (χ2v) is 8.20. The van der Waals surface area contributed by atoms with Gasteiger partial charge in [0.2, 0.25) is 0 Å². The first-order valence-electron chi connectivity index (χ1n) is 10.9. The number of aromatic nitrogens is 1. The van der Waals surface area contributed by atoms with Crippen molar-refractivity contribution in [3.63, 3.8) is 0 Å². The average molecular weight is 415 g/mol. The molecule has 4 aromatic rings. The molecule has 0 aliphatic carbocycles. The van der Waals surface area contributed by atoms with Gasteiger partial charge in [0.25, 0.3) is 0 Å². The summed E-state index contributed by atoms with van der Waals surface area (Å²) in [6.07, 6.45) is 1.50. The number of nitrogens with one attached hydrogen (secondary N) is 1. The fourth-order valence-electron chi connectivity index (χ4n) is 3.90. The van der Waals surface area contributed by atoms with Crippen LogP contribution in [0, 0.1) is 0 Å². The van der Waals surface area contributed by atoms with E-state index < -0.39 is 6.10 Å². The third kappa shape index (κ3) is 5.16. The van der Waals surface area contributed by atoms with Gasteiger partial charge < -0.3 is 19.7 Å². The van der Waals surface area contributed by atoms with Crippen LogP contribution in [-0.4, -0.2) is 28.4 Å². The Morgan fingerprint density at radius 1 is 0.903 bits per heavy atom. The number of aliphatic hydroxyl groups is 1. The SMILES string of the molecule is CC(C)NC[C@@H](O)[C@H](c1ccccc1)n1ccc2cc(OCc3ccccc3)ccc21. The first-order chi connectivity index (χ1) is 15.1. The Bertz CT molecular complexity index is 1090. The second kappa shape index (κ2) is 9.82. The van der Waals surface area contributed by atoms with Gasteiger partial charge in [0.1, 0.15) is 12.4 Å². The molecule has 1 aromatic heterocycles. The van der Waals surface area contributed by atoms with E-state index in [2.05, 4.69) is 72.4 Å². The highest BCUT2D eigenvalue weighted by atomic mass is 16.5. The zero-order valence-electron chi connectivity index (χ0n) is 18.1. The van der Waals surface area contributed by atoms with Crippen molar-refractivity contribution in [3.8, 4) is 5.75 Å². The summed E-state index contributed by atoms with van der Waals surface area (Å²) >= 11 is 0. The molecule has 4 heteroatoms. The van der Waals surface area contributed by atoms with Crippen molar-refractivity contribution in [2.24, 2.45) is 0 Å². The molecule has 2 atom stereocenters. The Morgan fingerprint density at radius 3 is 2.32 bits per heavy atom. The van der Waals surface area contributed by atoms with E-state index in [1.54, 1.807) is 0 Å². The summed E-state index contributed by atoms with van der Waals surface area (Å²) in [6, 6.07) is 28.7. The molecule has 0 saturated heterocycles. The summed E-state index contributed by atoms with van der Waals surface area (Å²) in [5.74, 6) is 0.840. The van der Waals surface area contributed by atoms with Crippen LogP contribution < -0.4 is 10.1 Å². The highest BCUT2D eigenvalue weighted by molar-refractivity contribution is 5.82. The van der Waals surface area contributed by atoms with Crippen LogP contribution >= 0.6 is 0 Å². The van der Waals surface area contributed by atoms with Crippen LogP contribution in [0.3, 0.4) is 0 Å². The fourth-order valence-corrected chi connectivity index (χ4v) is 3.90. The summed E-state index contributed by atoms with van der Waals surface area (Å²) in [5, 5.41) is 15.6. The minimum Gasteiger partial charge on any atom is -0.489 e. The molecule has 0 fully saturated rings. The third-order valence-corrected chi connectivity index (χ3v) is 5.48. The van der Waals surface area contributed by atoms with Crippen molar-refractivity contribution in [2.75, 3.05) is 6.54 Å². The van der Waals surface area contributed by atoms with E-state index in [0.717, 1.165) is 27.8 Å². The Labute approximate surface area is 184 Å². The van der Waals surface area contributed by atoms with E-state index in [9.17, 15) is 5.11 Å². The van der Waals surface area contributed by atoms with Crippen LogP contribution in [0.15, 0.2) is 91.1 Å². The quantitative estimate of drug-likeness (QED) is 0.397. The van der Waals surface area contributed by atoms with Crippen LogP contribution in [0.1, 0.15) is 31.0 Å². The predicted octanol–water partition coefficient (Wildman–Crippen LogP) is 5.17. The van der Waals surface area contributed by atoms with Crippen LogP contribution in [0.2, 0.25) is 0 Å². The lowest BCUT2D eigenvalue weighted by molar-refractivity contribution is 0.127. The lowest BCUT2D eigenvalue weighted by atomic mass is 10.0. The standard InChI is InChI=1S/C27H30N2O2/c1-20(2)28-18-26(30)27(22-11-7-4-8-12-22)29-16-15-23-17-24(13-14-25(23)29)31-19-21-9-5-3-6-10-21/h3-17,20,26-28,30H,18-19H2,1-2H3/t26-,27+/m1/s1. The van der Waals surface area contributed by atoms with Gasteiger partial charge in [0.15, 0.2) is 0 Å². The molecule has 31 heavy (non-hydrogen) atoms. The number of ether oxygens (including phenoxy) is 1. The first-order valence-corrected chi connectivity index (χ1v) is 10.9. The van der Waals surface area contributed by atoms with E-state index in [1.807, 2.05) is 42.5 Å². The second-order valence-electron chi connectivity index (χ2n) is 8.20. The highest BCUT2D eigenvalue weighted by Crippen LogP contribution is 2.30. The third-order valence-electron chi connectivity index (χ3n) is 5.48. The smallest absolute Gasteiger partial charge is 0.120 e. The van der Waals surface area contributed by atoms with E-state index in [0.29, 0.717) is 19.2 Å². The zero-order chi connectivity index (χ0) is 21.6. The number of aliphatic hydroxyl groups excluding tert-OH is 1. The summed E-state index contributed by atoms with van der Waals surface area (Å²) in [6.45, 7) is 5.24. The molecule has 0 aliphatic rings. The number of rotatable bonds is 9. The normalized spacial score (nSPS) is 13.4. The van der Waals surface area contributed by atoms with Gasteiger partial charge in [-0.2, -0.15) is 0 Å². The van der Waals surface area contributed by atoms with Gasteiger partial charge in [0, 0.05) is 29.7 Å². The maximum absolute atomic E-state index is 11.1. The predicted molar refractivity (Wildman–Crippen MR) is 126 cm³/mol. The van der Waals surface area contributed by atoms with Crippen molar-refractivity contribution in [1.29, 1.82) is 0 Å². The van der Waals surface area contributed by atoms with E-state index in [-0.39, 0.29) is 6.04 Å². The summed E-state index contributed by atoms with van der Waals surface area (Å²) in [7, 11) is 0. The van der Waals surface area contributed by atoms with E-state index in [1.165, 1.54) is 0 Å². The number of hydrogen-bond donors (Lipinski definition) is 2. The van der Waals surface area contributed by atoms with E-state index >= 15 is 0 Å². The average Bonchev–Trinajstić information content (AvgIpc) is 3.21. The van der Waals surface area contributed by atoms with Gasteiger partial charge in [-0.15, -0.1) is 0 Å². The molecular formula is C27H30N2O2. The van der Waals surface area contributed by atoms with Crippen molar-refractivity contribution in [3.05, 3.63) is 102 Å². The van der Waals surface area contributed by atoms with Crippen LogP contribution in [0.25, 0.3) is 10.9 Å². The minimum atomic E-state index is -0.561. The van der Waals surface area contributed by atoms with Gasteiger partial charge in [-0.25, -0.2) is 0 Å². The maximum Gasteiger partial charge on any atom is 0.120 e. The number of fused-ring (bicyclic) bond motifs is 1. The molecule has 160 valence electrons. The number of nitrogens with zero attached hydrogens (tertiary/aromatic N) is 1. The van der Waals surface area contributed by atoms with Gasteiger partial charge in [0.05, 0.1) is 12.1 Å². The van der Waals surface area contributed by atoms with Gasteiger partial charge in [-0.1, -0.05) is 74.5 Å².